The fourth-order valence-corrected chi connectivity index (χ4v) is 5.73. The summed E-state index contributed by atoms with van der Waals surface area (Å²) < 4.78 is 52.8. The van der Waals surface area contributed by atoms with Gasteiger partial charge in [-0.2, -0.15) is 13.2 Å². The summed E-state index contributed by atoms with van der Waals surface area (Å²) >= 11 is 0. The second-order valence-corrected chi connectivity index (χ2v) is 10.00. The highest BCUT2D eigenvalue weighted by atomic mass is 19.4. The van der Waals surface area contributed by atoms with Crippen LogP contribution in [0.3, 0.4) is 0 Å². The average Bonchev–Trinajstić information content (AvgIpc) is 2.91. The number of carbonyl (C=O) groups is 1. The molecule has 0 saturated carbocycles. The number of alkyl halides is 3. The molecule has 1 atom stereocenters. The molecule has 0 bridgehead atoms. The molecule has 3 aromatic rings. The van der Waals surface area contributed by atoms with Crippen LogP contribution in [0.25, 0.3) is 0 Å². The molecule has 3 aromatic carbocycles. The molecule has 2 heterocycles. The van der Waals surface area contributed by atoms with Crippen LogP contribution >= 0.6 is 0 Å². The second kappa shape index (κ2) is 10.7. The molecule has 7 heteroatoms. The highest BCUT2D eigenvalue weighted by molar-refractivity contribution is 5.94. The number of hydrogen-bond donors (Lipinski definition) is 0. The monoisotopic (exact) mass is 510 g/mol. The molecule has 1 saturated heterocycles. The Morgan fingerprint density at radius 1 is 0.892 bits per heavy atom. The molecule has 0 N–H and O–H groups in total. The van der Waals surface area contributed by atoms with E-state index in [4.69, 9.17) is 0 Å². The highest BCUT2D eigenvalue weighted by Crippen LogP contribution is 2.36. The summed E-state index contributed by atoms with van der Waals surface area (Å²) in [5, 5.41) is 0. The van der Waals surface area contributed by atoms with Crippen molar-refractivity contribution in [3.05, 3.63) is 106 Å². The number of halogens is 4. The lowest BCUT2D eigenvalue weighted by atomic mass is 9.87. The Labute approximate surface area is 214 Å². The van der Waals surface area contributed by atoms with Gasteiger partial charge in [-0.05, 0) is 91.7 Å². The number of hydrogen-bond acceptors (Lipinski definition) is 2. The first-order valence-corrected chi connectivity index (χ1v) is 12.8. The van der Waals surface area contributed by atoms with Gasteiger partial charge in [-0.15, -0.1) is 0 Å². The maximum absolute atomic E-state index is 13.4. The fraction of sp³-hybridized carbons (Fsp3) is 0.367. The first-order chi connectivity index (χ1) is 17.8. The minimum Gasteiger partial charge on any atom is -0.331 e. The molecular formula is C30H30F4N2O. The second-order valence-electron chi connectivity index (χ2n) is 10.00. The Hall–Kier alpha value is -3.19. The van der Waals surface area contributed by atoms with Gasteiger partial charge in [0.15, 0.2) is 0 Å². The van der Waals surface area contributed by atoms with Crippen molar-refractivity contribution in [3.63, 3.8) is 0 Å². The van der Waals surface area contributed by atoms with Crippen molar-refractivity contribution in [2.24, 2.45) is 0 Å². The minimum atomic E-state index is -4.33. The molecule has 3 nitrogen and oxygen atoms in total. The third kappa shape index (κ3) is 5.72. The quantitative estimate of drug-likeness (QED) is 0.351. The van der Waals surface area contributed by atoms with Crippen LogP contribution in [0, 0.1) is 5.82 Å². The smallest absolute Gasteiger partial charge is 0.331 e. The summed E-state index contributed by atoms with van der Waals surface area (Å²) in [6.45, 7) is 3.01. The van der Waals surface area contributed by atoms with E-state index in [2.05, 4.69) is 17.0 Å². The average molecular weight is 511 g/mol. The number of benzene rings is 3. The number of likely N-dealkylation sites (tertiary alicyclic amines) is 1. The summed E-state index contributed by atoms with van der Waals surface area (Å²) in [7, 11) is 0. The van der Waals surface area contributed by atoms with Crippen molar-refractivity contribution in [2.75, 3.05) is 26.2 Å². The van der Waals surface area contributed by atoms with Crippen molar-refractivity contribution < 1.29 is 22.4 Å². The van der Waals surface area contributed by atoms with Crippen LogP contribution in [0.5, 0.6) is 0 Å². The summed E-state index contributed by atoms with van der Waals surface area (Å²) in [5.74, 6) is -0.348. The molecule has 37 heavy (non-hydrogen) atoms. The van der Waals surface area contributed by atoms with Crippen LogP contribution in [-0.4, -0.2) is 41.9 Å². The molecule has 1 fully saturated rings. The van der Waals surface area contributed by atoms with E-state index in [9.17, 15) is 22.4 Å². The van der Waals surface area contributed by atoms with Gasteiger partial charge in [0.05, 0.1) is 11.6 Å². The molecule has 0 aromatic heterocycles. The van der Waals surface area contributed by atoms with E-state index in [1.54, 1.807) is 6.07 Å². The van der Waals surface area contributed by atoms with Gasteiger partial charge >= 0.3 is 6.18 Å². The van der Waals surface area contributed by atoms with E-state index in [0.29, 0.717) is 12.1 Å². The Morgan fingerprint density at radius 2 is 1.62 bits per heavy atom. The number of piperidine rings is 1. The van der Waals surface area contributed by atoms with E-state index in [-0.39, 0.29) is 23.7 Å². The maximum atomic E-state index is 13.4. The lowest BCUT2D eigenvalue weighted by Crippen LogP contribution is -2.42. The standard InChI is InChI=1S/C30H30F4N2O/c31-26-10-8-23(9-11-26)29(37)36-19-14-22-4-1-2-7-27(22)28(36)15-18-35-16-12-21(13-17-35)24-5-3-6-25(20-24)30(32,33)34/h1-11,20-21,28H,12-19H2. The zero-order valence-electron chi connectivity index (χ0n) is 20.6. The van der Waals surface area contributed by atoms with E-state index >= 15 is 0 Å². The number of rotatable bonds is 5. The first kappa shape index (κ1) is 25.5. The minimum absolute atomic E-state index is 0.0799. The largest absolute Gasteiger partial charge is 0.416 e. The van der Waals surface area contributed by atoms with E-state index in [1.807, 2.05) is 17.0 Å². The van der Waals surface area contributed by atoms with Crippen molar-refractivity contribution in [2.45, 2.75) is 43.8 Å². The zero-order chi connectivity index (χ0) is 26.0. The van der Waals surface area contributed by atoms with Gasteiger partial charge < -0.3 is 9.80 Å². The number of fused-ring (bicyclic) bond motifs is 1. The SMILES string of the molecule is O=C(c1ccc(F)cc1)N1CCc2ccccc2C1CCN1CCC(c2cccc(C(F)(F)F)c2)CC1. The van der Waals surface area contributed by atoms with Gasteiger partial charge in [0.1, 0.15) is 5.82 Å². The van der Waals surface area contributed by atoms with Gasteiger partial charge in [-0.25, -0.2) is 4.39 Å². The Balaban J connectivity index is 1.25. The van der Waals surface area contributed by atoms with E-state index in [0.717, 1.165) is 62.5 Å². The first-order valence-electron chi connectivity index (χ1n) is 12.8. The molecule has 2 aliphatic rings. The lowest BCUT2D eigenvalue weighted by Gasteiger charge is -2.39. The van der Waals surface area contributed by atoms with Gasteiger partial charge in [-0.3, -0.25) is 4.79 Å². The molecule has 1 unspecified atom stereocenters. The Bertz CT molecular complexity index is 1230. The van der Waals surface area contributed by atoms with Crippen molar-refractivity contribution in [1.82, 2.24) is 9.80 Å². The van der Waals surface area contributed by atoms with Crippen LogP contribution in [0.4, 0.5) is 17.6 Å². The van der Waals surface area contributed by atoms with Gasteiger partial charge in [0.2, 0.25) is 0 Å². The van der Waals surface area contributed by atoms with Crippen LogP contribution in [-0.2, 0) is 12.6 Å². The van der Waals surface area contributed by atoms with Gasteiger partial charge in [0, 0.05) is 18.7 Å². The van der Waals surface area contributed by atoms with Crippen LogP contribution in [0.1, 0.15) is 63.8 Å². The molecule has 194 valence electrons. The molecule has 0 aliphatic carbocycles. The molecule has 2 aliphatic heterocycles. The maximum Gasteiger partial charge on any atom is 0.416 e. The predicted octanol–water partition coefficient (Wildman–Crippen LogP) is 6.85. The van der Waals surface area contributed by atoms with Crippen molar-refractivity contribution >= 4 is 5.91 Å². The fourth-order valence-electron chi connectivity index (χ4n) is 5.73. The number of nitrogens with zero attached hydrogens (tertiary/aromatic N) is 2. The lowest BCUT2D eigenvalue weighted by molar-refractivity contribution is -0.137. The summed E-state index contributed by atoms with van der Waals surface area (Å²) in [5.41, 5.74) is 3.05. The van der Waals surface area contributed by atoms with Crippen molar-refractivity contribution in [1.29, 1.82) is 0 Å². The molecule has 0 radical (unpaired) electrons. The molecular weight excluding hydrogens is 480 g/mol. The van der Waals surface area contributed by atoms with Crippen molar-refractivity contribution in [3.8, 4) is 0 Å². The summed E-state index contributed by atoms with van der Waals surface area (Å²) in [6.07, 6.45) is -1.17. The summed E-state index contributed by atoms with van der Waals surface area (Å²) in [6, 6.07) is 19.5. The van der Waals surface area contributed by atoms with Gasteiger partial charge in [-0.1, -0.05) is 42.5 Å². The Kier molecular flexibility index (Phi) is 7.33. The Morgan fingerprint density at radius 3 is 2.35 bits per heavy atom. The zero-order valence-corrected chi connectivity index (χ0v) is 20.6. The molecule has 0 spiro atoms. The number of amides is 1. The topological polar surface area (TPSA) is 23.6 Å². The van der Waals surface area contributed by atoms with E-state index < -0.39 is 11.7 Å². The predicted molar refractivity (Wildman–Crippen MR) is 135 cm³/mol. The number of carbonyl (C=O) groups excluding carboxylic acids is 1. The highest BCUT2D eigenvalue weighted by Gasteiger charge is 2.33. The van der Waals surface area contributed by atoms with Crippen LogP contribution < -0.4 is 0 Å². The molecule has 5 rings (SSSR count). The normalized spacial score (nSPS) is 19.0. The third-order valence-corrected chi connectivity index (χ3v) is 7.76. The van der Waals surface area contributed by atoms with Crippen LogP contribution in [0.15, 0.2) is 72.8 Å². The van der Waals surface area contributed by atoms with Crippen LogP contribution in [0.2, 0.25) is 0 Å². The van der Waals surface area contributed by atoms with E-state index in [1.165, 1.54) is 42.0 Å². The summed E-state index contributed by atoms with van der Waals surface area (Å²) in [4.78, 5) is 17.6. The van der Waals surface area contributed by atoms with Gasteiger partial charge in [0.25, 0.3) is 5.91 Å². The third-order valence-electron chi connectivity index (χ3n) is 7.76. The molecule has 1 amide bonds.